The summed E-state index contributed by atoms with van der Waals surface area (Å²) in [5.74, 6) is 1.72. The number of hydrogen-bond donors (Lipinski definition) is 0. The van der Waals surface area contributed by atoms with Crippen molar-refractivity contribution in [2.75, 3.05) is 13.7 Å². The second-order valence-electron chi connectivity index (χ2n) is 6.17. The Labute approximate surface area is 128 Å². The van der Waals surface area contributed by atoms with Crippen molar-refractivity contribution in [3.8, 4) is 5.75 Å². The highest BCUT2D eigenvalue weighted by atomic mass is 16.5. The van der Waals surface area contributed by atoms with E-state index >= 15 is 0 Å². The standard InChI is InChI=1S/C18H27NO2/c1-4-15-7-5-6-8-17(15)21-13-18(20)19(3)16-11-9-14(2)10-12-16/h5-8,14,16H,4,9-13H2,1-3H3. The fourth-order valence-electron chi connectivity index (χ4n) is 3.01. The molecule has 1 fully saturated rings. The van der Waals surface area contributed by atoms with E-state index in [0.29, 0.717) is 6.04 Å². The molecule has 21 heavy (non-hydrogen) atoms. The molecule has 0 N–H and O–H groups in total. The summed E-state index contributed by atoms with van der Waals surface area (Å²) in [4.78, 5) is 14.2. The third-order valence-electron chi connectivity index (χ3n) is 4.63. The van der Waals surface area contributed by atoms with Gasteiger partial charge in [0, 0.05) is 13.1 Å². The van der Waals surface area contributed by atoms with Gasteiger partial charge in [0.05, 0.1) is 0 Å². The van der Waals surface area contributed by atoms with E-state index in [1.165, 1.54) is 12.8 Å². The van der Waals surface area contributed by atoms with Crippen LogP contribution in [0.4, 0.5) is 0 Å². The number of amides is 1. The first-order valence-electron chi connectivity index (χ1n) is 8.08. The lowest BCUT2D eigenvalue weighted by atomic mass is 9.87. The molecule has 0 heterocycles. The largest absolute Gasteiger partial charge is 0.483 e. The Morgan fingerprint density at radius 2 is 1.90 bits per heavy atom. The van der Waals surface area contributed by atoms with Gasteiger partial charge < -0.3 is 9.64 Å². The van der Waals surface area contributed by atoms with Crippen molar-refractivity contribution >= 4 is 5.91 Å². The fraction of sp³-hybridized carbons (Fsp3) is 0.611. The van der Waals surface area contributed by atoms with Crippen molar-refractivity contribution < 1.29 is 9.53 Å². The van der Waals surface area contributed by atoms with Gasteiger partial charge in [-0.15, -0.1) is 0 Å². The molecule has 1 aliphatic rings. The summed E-state index contributed by atoms with van der Waals surface area (Å²) < 4.78 is 5.73. The highest BCUT2D eigenvalue weighted by Crippen LogP contribution is 2.26. The maximum absolute atomic E-state index is 12.3. The Hall–Kier alpha value is -1.51. The van der Waals surface area contributed by atoms with Gasteiger partial charge in [0.1, 0.15) is 5.75 Å². The molecule has 0 unspecified atom stereocenters. The van der Waals surface area contributed by atoms with Gasteiger partial charge in [-0.2, -0.15) is 0 Å². The minimum Gasteiger partial charge on any atom is -0.483 e. The SMILES string of the molecule is CCc1ccccc1OCC(=O)N(C)C1CCC(C)CC1. The van der Waals surface area contributed by atoms with Gasteiger partial charge in [0.25, 0.3) is 5.91 Å². The summed E-state index contributed by atoms with van der Waals surface area (Å²) in [6.07, 6.45) is 5.61. The molecular formula is C18H27NO2. The Morgan fingerprint density at radius 3 is 2.57 bits per heavy atom. The van der Waals surface area contributed by atoms with Crippen LogP contribution in [0, 0.1) is 5.92 Å². The normalized spacial score (nSPS) is 21.9. The second-order valence-corrected chi connectivity index (χ2v) is 6.17. The molecule has 0 aromatic heterocycles. The van der Waals surface area contributed by atoms with Crippen molar-refractivity contribution in [2.45, 2.75) is 52.0 Å². The molecule has 1 aliphatic carbocycles. The number of hydrogen-bond acceptors (Lipinski definition) is 2. The Balaban J connectivity index is 1.86. The van der Waals surface area contributed by atoms with E-state index in [2.05, 4.69) is 13.8 Å². The van der Waals surface area contributed by atoms with E-state index in [1.54, 1.807) is 0 Å². The van der Waals surface area contributed by atoms with E-state index in [0.717, 1.165) is 36.5 Å². The molecule has 0 bridgehead atoms. The zero-order valence-electron chi connectivity index (χ0n) is 13.5. The average Bonchev–Trinajstić information content (AvgIpc) is 2.52. The summed E-state index contributed by atoms with van der Waals surface area (Å²) in [7, 11) is 1.91. The van der Waals surface area contributed by atoms with Crippen LogP contribution in [0.1, 0.15) is 45.1 Å². The molecule has 116 valence electrons. The summed E-state index contributed by atoms with van der Waals surface area (Å²) in [5.41, 5.74) is 1.15. The number of benzene rings is 1. The van der Waals surface area contributed by atoms with Crippen LogP contribution in [0.2, 0.25) is 0 Å². The monoisotopic (exact) mass is 289 g/mol. The van der Waals surface area contributed by atoms with Crippen LogP contribution in [0.3, 0.4) is 0 Å². The molecule has 3 nitrogen and oxygen atoms in total. The highest BCUT2D eigenvalue weighted by molar-refractivity contribution is 5.77. The second kappa shape index (κ2) is 7.48. The van der Waals surface area contributed by atoms with Gasteiger partial charge >= 0.3 is 0 Å². The lowest BCUT2D eigenvalue weighted by Crippen LogP contribution is -2.41. The van der Waals surface area contributed by atoms with Crippen molar-refractivity contribution in [1.82, 2.24) is 4.90 Å². The first kappa shape index (κ1) is 15.9. The van der Waals surface area contributed by atoms with Gasteiger partial charge in [0.15, 0.2) is 6.61 Å². The minimum absolute atomic E-state index is 0.0838. The average molecular weight is 289 g/mol. The highest BCUT2D eigenvalue weighted by Gasteiger charge is 2.24. The van der Waals surface area contributed by atoms with Gasteiger partial charge in [0.2, 0.25) is 0 Å². The van der Waals surface area contributed by atoms with Crippen LogP contribution in [0.25, 0.3) is 0 Å². The van der Waals surface area contributed by atoms with Crippen molar-refractivity contribution in [3.05, 3.63) is 29.8 Å². The molecule has 1 aromatic rings. The first-order chi connectivity index (χ1) is 10.1. The fourth-order valence-corrected chi connectivity index (χ4v) is 3.01. The number of para-hydroxylation sites is 1. The lowest BCUT2D eigenvalue weighted by Gasteiger charge is -2.33. The van der Waals surface area contributed by atoms with E-state index in [1.807, 2.05) is 36.2 Å². The quantitative estimate of drug-likeness (QED) is 0.828. The number of carbonyl (C=O) groups is 1. The van der Waals surface area contributed by atoms with Crippen LogP contribution < -0.4 is 4.74 Å². The van der Waals surface area contributed by atoms with E-state index < -0.39 is 0 Å². The topological polar surface area (TPSA) is 29.5 Å². The molecule has 0 radical (unpaired) electrons. The predicted octanol–water partition coefficient (Wildman–Crippen LogP) is 3.66. The maximum Gasteiger partial charge on any atom is 0.260 e. The van der Waals surface area contributed by atoms with Gasteiger partial charge in [-0.05, 0) is 49.7 Å². The Bertz CT molecular complexity index is 464. The van der Waals surface area contributed by atoms with Crippen LogP contribution in [0.5, 0.6) is 5.75 Å². The van der Waals surface area contributed by atoms with E-state index in [9.17, 15) is 4.79 Å². The van der Waals surface area contributed by atoms with Gasteiger partial charge in [-0.25, -0.2) is 0 Å². The van der Waals surface area contributed by atoms with Crippen LogP contribution >= 0.6 is 0 Å². The predicted molar refractivity (Wildman–Crippen MR) is 85.5 cm³/mol. The smallest absolute Gasteiger partial charge is 0.260 e. The van der Waals surface area contributed by atoms with Crippen molar-refractivity contribution in [3.63, 3.8) is 0 Å². The van der Waals surface area contributed by atoms with Crippen LogP contribution in [-0.4, -0.2) is 30.5 Å². The summed E-state index contributed by atoms with van der Waals surface area (Å²) in [5, 5.41) is 0. The number of carbonyl (C=O) groups excluding carboxylic acids is 1. The van der Waals surface area contributed by atoms with Gasteiger partial charge in [-0.1, -0.05) is 32.0 Å². The molecule has 0 spiro atoms. The molecule has 1 amide bonds. The van der Waals surface area contributed by atoms with Crippen molar-refractivity contribution in [1.29, 1.82) is 0 Å². The Morgan fingerprint density at radius 1 is 1.24 bits per heavy atom. The molecule has 0 aliphatic heterocycles. The van der Waals surface area contributed by atoms with Gasteiger partial charge in [-0.3, -0.25) is 4.79 Å². The van der Waals surface area contributed by atoms with Crippen LogP contribution in [-0.2, 0) is 11.2 Å². The molecule has 1 saturated carbocycles. The molecular weight excluding hydrogens is 262 g/mol. The third-order valence-corrected chi connectivity index (χ3v) is 4.63. The van der Waals surface area contributed by atoms with Crippen LogP contribution in [0.15, 0.2) is 24.3 Å². The van der Waals surface area contributed by atoms with E-state index in [4.69, 9.17) is 4.74 Å². The van der Waals surface area contributed by atoms with E-state index in [-0.39, 0.29) is 12.5 Å². The minimum atomic E-state index is 0.0838. The maximum atomic E-state index is 12.3. The number of aryl methyl sites for hydroxylation is 1. The molecule has 0 saturated heterocycles. The summed E-state index contributed by atoms with van der Waals surface area (Å²) >= 11 is 0. The number of rotatable bonds is 5. The molecule has 2 rings (SSSR count). The third kappa shape index (κ3) is 4.23. The summed E-state index contributed by atoms with van der Waals surface area (Å²) in [6, 6.07) is 8.33. The molecule has 1 aromatic carbocycles. The van der Waals surface area contributed by atoms with Crippen molar-refractivity contribution in [2.24, 2.45) is 5.92 Å². The summed E-state index contributed by atoms with van der Waals surface area (Å²) in [6.45, 7) is 4.53. The first-order valence-corrected chi connectivity index (χ1v) is 8.08. The zero-order chi connectivity index (χ0) is 15.2. The Kier molecular flexibility index (Phi) is 5.66. The lowest BCUT2D eigenvalue weighted by molar-refractivity contribution is -0.134. The number of likely N-dealkylation sites (N-methyl/N-ethyl adjacent to an activating group) is 1. The number of nitrogens with zero attached hydrogens (tertiary/aromatic N) is 1. The number of ether oxygens (including phenoxy) is 1. The molecule has 3 heteroatoms. The molecule has 0 atom stereocenters. The zero-order valence-corrected chi connectivity index (χ0v) is 13.5.